The van der Waals surface area contributed by atoms with Gasteiger partial charge in [-0.1, -0.05) is 42.8 Å². The van der Waals surface area contributed by atoms with Crippen LogP contribution in [0.5, 0.6) is 5.75 Å². The molecule has 150 valence electrons. The summed E-state index contributed by atoms with van der Waals surface area (Å²) in [7, 11) is -3.63. The van der Waals surface area contributed by atoms with Crippen molar-refractivity contribution in [1.29, 1.82) is 0 Å². The third kappa shape index (κ3) is 4.66. The van der Waals surface area contributed by atoms with E-state index in [-0.39, 0.29) is 23.9 Å². The van der Waals surface area contributed by atoms with Crippen molar-refractivity contribution in [2.24, 2.45) is 0 Å². The first kappa shape index (κ1) is 20.6. The minimum absolute atomic E-state index is 0.119. The molecule has 2 aromatic rings. The Bertz CT molecular complexity index is 913. The van der Waals surface area contributed by atoms with E-state index < -0.39 is 16.1 Å². The standard InChI is InChI=1S/C20H23ClN2O4S/c1-2-19(27-17-8-4-3-5-9-17)20(24)22-11-13-23(14-12-22)28(25,26)18-10-6-7-16(21)15-18/h3-10,15,19H,2,11-14H2,1H3/t19-/m0/s1. The zero-order chi connectivity index (χ0) is 20.1. The van der Waals surface area contributed by atoms with Crippen LogP contribution in [0.25, 0.3) is 0 Å². The average molecular weight is 423 g/mol. The van der Waals surface area contributed by atoms with Gasteiger partial charge in [0.25, 0.3) is 5.91 Å². The molecule has 1 heterocycles. The zero-order valence-electron chi connectivity index (χ0n) is 15.6. The van der Waals surface area contributed by atoms with E-state index >= 15 is 0 Å². The number of piperazine rings is 1. The van der Waals surface area contributed by atoms with Crippen molar-refractivity contribution < 1.29 is 17.9 Å². The smallest absolute Gasteiger partial charge is 0.263 e. The Morgan fingerprint density at radius 1 is 1.07 bits per heavy atom. The number of carbonyl (C=O) groups excluding carboxylic acids is 1. The van der Waals surface area contributed by atoms with Gasteiger partial charge in [-0.3, -0.25) is 4.79 Å². The van der Waals surface area contributed by atoms with Crippen LogP contribution in [0.2, 0.25) is 5.02 Å². The topological polar surface area (TPSA) is 66.9 Å². The highest BCUT2D eigenvalue weighted by atomic mass is 35.5. The number of benzene rings is 2. The molecule has 0 saturated carbocycles. The van der Waals surface area contributed by atoms with E-state index in [1.54, 1.807) is 17.0 Å². The summed E-state index contributed by atoms with van der Waals surface area (Å²) in [4.78, 5) is 14.7. The van der Waals surface area contributed by atoms with Gasteiger partial charge in [-0.2, -0.15) is 4.31 Å². The van der Waals surface area contributed by atoms with Gasteiger partial charge in [0, 0.05) is 31.2 Å². The largest absolute Gasteiger partial charge is 0.481 e. The number of carbonyl (C=O) groups is 1. The number of hydrogen-bond acceptors (Lipinski definition) is 4. The zero-order valence-corrected chi connectivity index (χ0v) is 17.2. The van der Waals surface area contributed by atoms with Gasteiger partial charge >= 0.3 is 0 Å². The summed E-state index contributed by atoms with van der Waals surface area (Å²) < 4.78 is 32.8. The third-order valence-corrected chi connectivity index (χ3v) is 6.78. The van der Waals surface area contributed by atoms with Gasteiger partial charge in [0.1, 0.15) is 5.75 Å². The Balaban J connectivity index is 1.63. The first-order chi connectivity index (χ1) is 13.4. The summed E-state index contributed by atoms with van der Waals surface area (Å²) in [6.07, 6.45) is -0.0483. The van der Waals surface area contributed by atoms with Crippen molar-refractivity contribution in [1.82, 2.24) is 9.21 Å². The van der Waals surface area contributed by atoms with Crippen LogP contribution in [0.1, 0.15) is 13.3 Å². The maximum absolute atomic E-state index is 12.8. The molecule has 0 aliphatic carbocycles. The van der Waals surface area contributed by atoms with Gasteiger partial charge in [0.05, 0.1) is 4.90 Å². The lowest BCUT2D eigenvalue weighted by atomic mass is 10.2. The van der Waals surface area contributed by atoms with Crippen LogP contribution in [0.4, 0.5) is 0 Å². The molecule has 0 radical (unpaired) electrons. The van der Waals surface area contributed by atoms with E-state index in [2.05, 4.69) is 0 Å². The number of amides is 1. The molecule has 0 bridgehead atoms. The molecule has 0 aromatic heterocycles. The molecule has 1 aliphatic rings. The van der Waals surface area contributed by atoms with E-state index in [1.165, 1.54) is 16.4 Å². The fourth-order valence-electron chi connectivity index (χ4n) is 3.10. The molecule has 0 N–H and O–H groups in total. The fourth-order valence-corrected chi connectivity index (χ4v) is 4.82. The van der Waals surface area contributed by atoms with Gasteiger partial charge in [-0.15, -0.1) is 0 Å². The number of para-hydroxylation sites is 1. The van der Waals surface area contributed by atoms with E-state index in [1.807, 2.05) is 37.3 Å². The number of sulfonamides is 1. The Morgan fingerprint density at radius 2 is 1.75 bits per heavy atom. The molecule has 0 spiro atoms. The minimum atomic E-state index is -3.63. The monoisotopic (exact) mass is 422 g/mol. The molecule has 2 aromatic carbocycles. The van der Waals surface area contributed by atoms with Crippen LogP contribution >= 0.6 is 11.6 Å². The van der Waals surface area contributed by atoms with Gasteiger partial charge in [0.2, 0.25) is 10.0 Å². The highest BCUT2D eigenvalue weighted by Gasteiger charge is 2.32. The van der Waals surface area contributed by atoms with Gasteiger partial charge in [0.15, 0.2) is 6.10 Å². The van der Waals surface area contributed by atoms with Crippen LogP contribution in [0.3, 0.4) is 0 Å². The fraction of sp³-hybridized carbons (Fsp3) is 0.350. The van der Waals surface area contributed by atoms with Crippen molar-refractivity contribution in [2.75, 3.05) is 26.2 Å². The van der Waals surface area contributed by atoms with E-state index in [0.29, 0.717) is 30.3 Å². The minimum Gasteiger partial charge on any atom is -0.481 e. The molecule has 1 aliphatic heterocycles. The molecule has 1 amide bonds. The number of hydrogen-bond donors (Lipinski definition) is 0. The normalized spacial score (nSPS) is 16.6. The molecule has 0 unspecified atom stereocenters. The predicted octanol–water partition coefficient (Wildman–Crippen LogP) is 3.03. The summed E-state index contributed by atoms with van der Waals surface area (Å²) in [5.41, 5.74) is 0. The summed E-state index contributed by atoms with van der Waals surface area (Å²) in [5.74, 6) is 0.524. The Labute approximate surface area is 170 Å². The molecule has 1 atom stereocenters. The lowest BCUT2D eigenvalue weighted by molar-refractivity contribution is -0.140. The quantitative estimate of drug-likeness (QED) is 0.717. The molecule has 8 heteroatoms. The van der Waals surface area contributed by atoms with Gasteiger partial charge < -0.3 is 9.64 Å². The number of ether oxygens (including phenoxy) is 1. The summed E-state index contributed by atoms with van der Waals surface area (Å²) in [5, 5.41) is 0.374. The molecule has 1 fully saturated rings. The molecule has 6 nitrogen and oxygen atoms in total. The second-order valence-corrected chi connectivity index (χ2v) is 8.89. The van der Waals surface area contributed by atoms with Crippen molar-refractivity contribution in [2.45, 2.75) is 24.3 Å². The van der Waals surface area contributed by atoms with E-state index in [9.17, 15) is 13.2 Å². The van der Waals surface area contributed by atoms with E-state index in [0.717, 1.165) is 0 Å². The highest BCUT2D eigenvalue weighted by Crippen LogP contribution is 2.21. The van der Waals surface area contributed by atoms with Crippen LogP contribution in [0.15, 0.2) is 59.5 Å². The van der Waals surface area contributed by atoms with Crippen LogP contribution < -0.4 is 4.74 Å². The highest BCUT2D eigenvalue weighted by molar-refractivity contribution is 7.89. The SMILES string of the molecule is CC[C@H](Oc1ccccc1)C(=O)N1CCN(S(=O)(=O)c2cccc(Cl)c2)CC1. The van der Waals surface area contributed by atoms with Gasteiger partial charge in [-0.05, 0) is 36.8 Å². The molecular weight excluding hydrogens is 400 g/mol. The van der Waals surface area contributed by atoms with Crippen molar-refractivity contribution in [3.05, 3.63) is 59.6 Å². The van der Waals surface area contributed by atoms with Crippen molar-refractivity contribution in [3.8, 4) is 5.75 Å². The van der Waals surface area contributed by atoms with Crippen LogP contribution in [-0.2, 0) is 14.8 Å². The molecular formula is C20H23ClN2O4S. The second-order valence-electron chi connectivity index (χ2n) is 6.51. The van der Waals surface area contributed by atoms with Gasteiger partial charge in [-0.25, -0.2) is 8.42 Å². The number of rotatable bonds is 6. The van der Waals surface area contributed by atoms with Crippen molar-refractivity contribution in [3.63, 3.8) is 0 Å². The summed E-state index contributed by atoms with van der Waals surface area (Å²) in [6, 6.07) is 15.4. The summed E-state index contributed by atoms with van der Waals surface area (Å²) in [6.45, 7) is 3.02. The summed E-state index contributed by atoms with van der Waals surface area (Å²) >= 11 is 5.92. The average Bonchev–Trinajstić information content (AvgIpc) is 2.72. The molecule has 1 saturated heterocycles. The van der Waals surface area contributed by atoms with Crippen molar-refractivity contribution >= 4 is 27.5 Å². The third-order valence-electron chi connectivity index (χ3n) is 4.65. The number of nitrogens with zero attached hydrogens (tertiary/aromatic N) is 2. The lowest BCUT2D eigenvalue weighted by Crippen LogP contribution is -2.53. The Morgan fingerprint density at radius 3 is 2.36 bits per heavy atom. The maximum Gasteiger partial charge on any atom is 0.263 e. The second kappa shape index (κ2) is 8.94. The molecule has 28 heavy (non-hydrogen) atoms. The lowest BCUT2D eigenvalue weighted by Gasteiger charge is -2.35. The first-order valence-corrected chi connectivity index (χ1v) is 11.0. The number of halogens is 1. The Hall–Kier alpha value is -2.09. The van der Waals surface area contributed by atoms with E-state index in [4.69, 9.17) is 16.3 Å². The molecule has 3 rings (SSSR count). The predicted molar refractivity (Wildman–Crippen MR) is 108 cm³/mol. The maximum atomic E-state index is 12.8. The first-order valence-electron chi connectivity index (χ1n) is 9.18. The van der Waals surface area contributed by atoms with Crippen LogP contribution in [-0.4, -0.2) is 55.8 Å². The Kier molecular flexibility index (Phi) is 6.59. The van der Waals surface area contributed by atoms with Crippen LogP contribution in [0, 0.1) is 0 Å².